The third-order valence-electron chi connectivity index (χ3n) is 2.93. The topological polar surface area (TPSA) is 35.2 Å². The molecule has 0 aliphatic carbocycles. The summed E-state index contributed by atoms with van der Waals surface area (Å²) in [6.07, 6.45) is 0.916. The second-order valence-electron chi connectivity index (χ2n) is 4.62. The van der Waals surface area contributed by atoms with Crippen LogP contribution in [0.4, 0.5) is 0 Å². The summed E-state index contributed by atoms with van der Waals surface area (Å²) in [5.41, 5.74) is 9.24. The van der Waals surface area contributed by atoms with Gasteiger partial charge in [-0.2, -0.15) is 0 Å². The van der Waals surface area contributed by atoms with Crippen LogP contribution in [0.2, 0.25) is 0 Å². The van der Waals surface area contributed by atoms with E-state index in [1.54, 1.807) is 11.3 Å². The summed E-state index contributed by atoms with van der Waals surface area (Å²) in [5, 5.41) is 2.07. The Bertz CT molecular complexity index is 542. The summed E-state index contributed by atoms with van der Waals surface area (Å²) in [7, 11) is 0. The molecular formula is C15H18BrNOS. The number of rotatable bonds is 5. The SMILES string of the molecule is Cc1cc(CCN)cc(C)c1OCc1cc(Br)cs1. The van der Waals surface area contributed by atoms with Crippen molar-refractivity contribution in [2.24, 2.45) is 5.73 Å². The number of halogens is 1. The highest BCUT2D eigenvalue weighted by Crippen LogP contribution is 2.27. The van der Waals surface area contributed by atoms with Crippen molar-refractivity contribution in [1.82, 2.24) is 0 Å². The number of hydrogen-bond donors (Lipinski definition) is 1. The Balaban J connectivity index is 2.11. The van der Waals surface area contributed by atoms with E-state index >= 15 is 0 Å². The molecule has 0 fully saturated rings. The van der Waals surface area contributed by atoms with E-state index in [0.29, 0.717) is 13.2 Å². The Morgan fingerprint density at radius 2 is 1.89 bits per heavy atom. The van der Waals surface area contributed by atoms with E-state index in [9.17, 15) is 0 Å². The van der Waals surface area contributed by atoms with Crippen molar-refractivity contribution in [2.45, 2.75) is 26.9 Å². The second-order valence-corrected chi connectivity index (χ2v) is 6.53. The van der Waals surface area contributed by atoms with E-state index in [0.717, 1.165) is 16.6 Å². The Morgan fingerprint density at radius 3 is 2.42 bits per heavy atom. The van der Waals surface area contributed by atoms with Crippen LogP contribution in [0.5, 0.6) is 5.75 Å². The highest BCUT2D eigenvalue weighted by atomic mass is 79.9. The smallest absolute Gasteiger partial charge is 0.125 e. The molecule has 0 atom stereocenters. The van der Waals surface area contributed by atoms with Gasteiger partial charge < -0.3 is 10.5 Å². The average Bonchev–Trinajstić information content (AvgIpc) is 2.74. The lowest BCUT2D eigenvalue weighted by atomic mass is 10.0. The predicted octanol–water partition coefficient (Wildman–Crippen LogP) is 4.21. The van der Waals surface area contributed by atoms with Crippen LogP contribution in [0.15, 0.2) is 28.1 Å². The number of benzene rings is 1. The minimum atomic E-state index is 0.619. The van der Waals surface area contributed by atoms with Gasteiger partial charge in [0.05, 0.1) is 0 Å². The van der Waals surface area contributed by atoms with Gasteiger partial charge >= 0.3 is 0 Å². The fourth-order valence-electron chi connectivity index (χ4n) is 2.15. The van der Waals surface area contributed by atoms with Crippen LogP contribution in [0.1, 0.15) is 21.6 Å². The number of nitrogens with two attached hydrogens (primary N) is 1. The molecule has 1 aromatic carbocycles. The molecule has 19 heavy (non-hydrogen) atoms. The van der Waals surface area contributed by atoms with Gasteiger partial charge in [0.25, 0.3) is 0 Å². The van der Waals surface area contributed by atoms with Crippen LogP contribution in [0.25, 0.3) is 0 Å². The number of hydrogen-bond acceptors (Lipinski definition) is 3. The molecule has 4 heteroatoms. The molecule has 1 heterocycles. The zero-order valence-corrected chi connectivity index (χ0v) is 13.6. The van der Waals surface area contributed by atoms with Gasteiger partial charge in [-0.3, -0.25) is 0 Å². The van der Waals surface area contributed by atoms with Crippen LogP contribution >= 0.6 is 27.3 Å². The molecule has 0 amide bonds. The van der Waals surface area contributed by atoms with Gasteiger partial charge in [0.15, 0.2) is 0 Å². The lowest BCUT2D eigenvalue weighted by Crippen LogP contribution is -2.04. The molecule has 0 unspecified atom stereocenters. The fourth-order valence-corrected chi connectivity index (χ4v) is 3.51. The normalized spacial score (nSPS) is 10.7. The fraction of sp³-hybridized carbons (Fsp3) is 0.333. The molecular weight excluding hydrogens is 322 g/mol. The summed E-state index contributed by atoms with van der Waals surface area (Å²) < 4.78 is 7.07. The Hall–Kier alpha value is -0.840. The third-order valence-corrected chi connectivity index (χ3v) is 4.60. The second kappa shape index (κ2) is 6.55. The first-order valence-electron chi connectivity index (χ1n) is 6.26. The Kier molecular flexibility index (Phi) is 5.02. The van der Waals surface area contributed by atoms with E-state index in [2.05, 4.69) is 53.4 Å². The standard InChI is InChI=1S/C15H18BrNOS/c1-10-5-12(3-4-17)6-11(2)15(10)18-8-14-7-13(16)9-19-14/h5-7,9H,3-4,8,17H2,1-2H3. The van der Waals surface area contributed by atoms with Crippen LogP contribution in [0, 0.1) is 13.8 Å². The van der Waals surface area contributed by atoms with Gasteiger partial charge in [-0.1, -0.05) is 12.1 Å². The minimum absolute atomic E-state index is 0.619. The predicted molar refractivity (Wildman–Crippen MR) is 85.0 cm³/mol. The maximum atomic E-state index is 5.96. The molecule has 0 aliphatic rings. The van der Waals surface area contributed by atoms with Crippen molar-refractivity contribution >= 4 is 27.3 Å². The monoisotopic (exact) mass is 339 g/mol. The zero-order chi connectivity index (χ0) is 13.8. The van der Waals surface area contributed by atoms with Crippen LogP contribution in [-0.4, -0.2) is 6.54 Å². The largest absolute Gasteiger partial charge is 0.488 e. The quantitative estimate of drug-likeness (QED) is 0.885. The van der Waals surface area contributed by atoms with Gasteiger partial charge in [0.1, 0.15) is 12.4 Å². The van der Waals surface area contributed by atoms with Crippen molar-refractivity contribution in [1.29, 1.82) is 0 Å². The number of aryl methyl sites for hydroxylation is 2. The molecule has 0 aliphatic heterocycles. The van der Waals surface area contributed by atoms with E-state index in [-0.39, 0.29) is 0 Å². The summed E-state index contributed by atoms with van der Waals surface area (Å²) in [5.74, 6) is 0.991. The molecule has 2 nitrogen and oxygen atoms in total. The minimum Gasteiger partial charge on any atom is -0.488 e. The van der Waals surface area contributed by atoms with Gasteiger partial charge in [-0.15, -0.1) is 11.3 Å². The molecule has 0 saturated carbocycles. The average molecular weight is 340 g/mol. The van der Waals surface area contributed by atoms with Crippen molar-refractivity contribution in [2.75, 3.05) is 6.54 Å². The van der Waals surface area contributed by atoms with Gasteiger partial charge in [0, 0.05) is 14.7 Å². The summed E-state index contributed by atoms with van der Waals surface area (Å²) in [4.78, 5) is 1.22. The molecule has 1 aromatic heterocycles. The van der Waals surface area contributed by atoms with Crippen molar-refractivity contribution < 1.29 is 4.74 Å². The number of ether oxygens (including phenoxy) is 1. The first-order chi connectivity index (χ1) is 9.10. The summed E-state index contributed by atoms with van der Waals surface area (Å²) in [6.45, 7) is 5.48. The molecule has 0 spiro atoms. The summed E-state index contributed by atoms with van der Waals surface area (Å²) >= 11 is 5.16. The number of thiophene rings is 1. The Morgan fingerprint density at radius 1 is 1.21 bits per heavy atom. The van der Waals surface area contributed by atoms with Crippen molar-refractivity contribution in [3.05, 3.63) is 49.6 Å². The highest BCUT2D eigenvalue weighted by molar-refractivity contribution is 9.10. The zero-order valence-electron chi connectivity index (χ0n) is 11.2. The molecule has 0 bridgehead atoms. The third kappa shape index (κ3) is 3.81. The van der Waals surface area contributed by atoms with Crippen molar-refractivity contribution in [3.8, 4) is 5.75 Å². The van der Waals surface area contributed by atoms with E-state index in [1.807, 2.05) is 0 Å². The van der Waals surface area contributed by atoms with Gasteiger partial charge in [-0.05, 0) is 65.5 Å². The maximum Gasteiger partial charge on any atom is 0.125 e. The van der Waals surface area contributed by atoms with Crippen LogP contribution < -0.4 is 10.5 Å². The molecule has 2 rings (SSSR count). The van der Waals surface area contributed by atoms with Crippen molar-refractivity contribution in [3.63, 3.8) is 0 Å². The molecule has 2 N–H and O–H groups in total. The molecule has 102 valence electrons. The molecule has 0 saturated heterocycles. The Labute approximate surface area is 126 Å². The first-order valence-corrected chi connectivity index (χ1v) is 7.93. The van der Waals surface area contributed by atoms with Crippen LogP contribution in [0.3, 0.4) is 0 Å². The van der Waals surface area contributed by atoms with Gasteiger partial charge in [0.2, 0.25) is 0 Å². The first kappa shape index (κ1) is 14.6. The van der Waals surface area contributed by atoms with E-state index in [4.69, 9.17) is 10.5 Å². The van der Waals surface area contributed by atoms with E-state index < -0.39 is 0 Å². The van der Waals surface area contributed by atoms with Crippen LogP contribution in [-0.2, 0) is 13.0 Å². The maximum absolute atomic E-state index is 5.96. The lowest BCUT2D eigenvalue weighted by molar-refractivity contribution is 0.305. The summed E-state index contributed by atoms with van der Waals surface area (Å²) in [6, 6.07) is 6.43. The highest BCUT2D eigenvalue weighted by Gasteiger charge is 2.07. The van der Waals surface area contributed by atoms with E-state index in [1.165, 1.54) is 21.6 Å². The molecule has 0 radical (unpaired) electrons. The van der Waals surface area contributed by atoms with Gasteiger partial charge in [-0.25, -0.2) is 0 Å². The molecule has 2 aromatic rings. The lowest BCUT2D eigenvalue weighted by Gasteiger charge is -2.13.